The van der Waals surface area contributed by atoms with Gasteiger partial charge in [-0.2, -0.15) is 0 Å². The maximum Gasteiger partial charge on any atom is 0.129 e. The van der Waals surface area contributed by atoms with Crippen LogP contribution in [0.5, 0.6) is 0 Å². The Kier molecular flexibility index (Phi) is 7.33. The van der Waals surface area contributed by atoms with Crippen LogP contribution in [0.3, 0.4) is 0 Å². The molecule has 0 aliphatic heterocycles. The highest BCUT2D eigenvalue weighted by Gasteiger charge is 2.41. The van der Waals surface area contributed by atoms with E-state index in [1.807, 2.05) is 0 Å². The number of rotatable bonds is 9. The first-order valence-corrected chi connectivity index (χ1v) is 11.5. The lowest BCUT2D eigenvalue weighted by atomic mass is 9.82. The number of hydrogen-bond acceptors (Lipinski definition) is 1. The molecule has 3 unspecified atom stereocenters. The summed E-state index contributed by atoms with van der Waals surface area (Å²) >= 11 is 0. The van der Waals surface area contributed by atoms with Crippen LogP contribution in [0.2, 0.25) is 0 Å². The lowest BCUT2D eigenvalue weighted by molar-refractivity contribution is -0.117. The Morgan fingerprint density at radius 2 is 2.07 bits per heavy atom. The number of carbonyl (C=O) groups is 1. The Balaban J connectivity index is 1.72. The third kappa shape index (κ3) is 5.59. The van der Waals surface area contributed by atoms with E-state index in [1.54, 1.807) is 12.5 Å². The van der Waals surface area contributed by atoms with Crippen molar-refractivity contribution in [3.63, 3.8) is 0 Å². The van der Waals surface area contributed by atoms with Crippen LogP contribution in [-0.4, -0.2) is 5.78 Å². The number of unbranched alkanes of at least 4 members (excludes halogenated alkanes) is 1. The number of Topliss-reactive ketones (excluding diaryl/α,β-unsaturated/α-hetero) is 1. The number of aryl methyl sites for hydroxylation is 1. The van der Waals surface area contributed by atoms with Crippen molar-refractivity contribution >= 4 is 17.4 Å². The number of carbonyl (C=O) groups excluding carboxylic acids is 1. The number of ketones is 1. The topological polar surface area (TPSA) is 17.1 Å². The average Bonchev–Trinajstić information content (AvgIpc) is 3.45. The van der Waals surface area contributed by atoms with E-state index in [0.29, 0.717) is 11.7 Å². The van der Waals surface area contributed by atoms with E-state index in [-0.39, 0.29) is 0 Å². The predicted molar refractivity (Wildman–Crippen MR) is 125 cm³/mol. The summed E-state index contributed by atoms with van der Waals surface area (Å²) in [6, 6.07) is 6.96. The van der Waals surface area contributed by atoms with E-state index in [9.17, 15) is 4.79 Å². The molecule has 1 heteroatoms. The van der Waals surface area contributed by atoms with Crippen LogP contribution in [0, 0.1) is 30.6 Å². The van der Waals surface area contributed by atoms with Gasteiger partial charge in [-0.1, -0.05) is 80.3 Å². The summed E-state index contributed by atoms with van der Waals surface area (Å²) in [7, 11) is 0. The van der Waals surface area contributed by atoms with Gasteiger partial charge in [0.15, 0.2) is 0 Å². The summed E-state index contributed by atoms with van der Waals surface area (Å²) in [4.78, 5) is 11.1. The molecule has 0 aromatic heterocycles. The van der Waals surface area contributed by atoms with Gasteiger partial charge in [0.2, 0.25) is 0 Å². The fourth-order valence-electron chi connectivity index (χ4n) is 5.06. The third-order valence-electron chi connectivity index (χ3n) is 7.01. The smallest absolute Gasteiger partial charge is 0.129 e. The van der Waals surface area contributed by atoms with Crippen LogP contribution < -0.4 is 10.4 Å². The lowest BCUT2D eigenvalue weighted by Crippen LogP contribution is -2.33. The SMILES string of the molecule is C/C=C\C=C1\C=c2cc(C)ccc2=C(CC2CC2[C@@H](C)CCCCC(C)=O)C1C. The molecular formula is C28H38O. The van der Waals surface area contributed by atoms with Crippen molar-refractivity contribution in [2.45, 2.75) is 73.1 Å². The summed E-state index contributed by atoms with van der Waals surface area (Å²) < 4.78 is 0. The quantitative estimate of drug-likeness (QED) is 0.481. The van der Waals surface area contributed by atoms with Gasteiger partial charge in [-0.3, -0.25) is 0 Å². The van der Waals surface area contributed by atoms with Gasteiger partial charge in [0.05, 0.1) is 0 Å². The lowest BCUT2D eigenvalue weighted by Gasteiger charge is -2.23. The van der Waals surface area contributed by atoms with Crippen LogP contribution in [0.4, 0.5) is 0 Å². The summed E-state index contributed by atoms with van der Waals surface area (Å²) in [6.45, 7) is 10.8. The standard InChI is InChI=1S/C28H38O/c1-6-7-12-23-16-24-15-19(2)13-14-26(24)28(22(23)5)18-25-17-27(25)20(3)10-8-9-11-21(4)29/h6-7,12-16,20,22,25,27H,8-11,17-18H2,1-5H3/b7-6-,23-12-/t20-,22?,25?,27?/m0/s1. The van der Waals surface area contributed by atoms with Crippen molar-refractivity contribution in [2.24, 2.45) is 23.7 Å². The van der Waals surface area contributed by atoms with Crippen LogP contribution in [0.1, 0.15) is 71.8 Å². The first-order chi connectivity index (χ1) is 13.9. The molecule has 2 aliphatic rings. The van der Waals surface area contributed by atoms with Crippen LogP contribution >= 0.6 is 0 Å². The normalized spacial score (nSPS) is 25.8. The van der Waals surface area contributed by atoms with Crippen LogP contribution in [0.25, 0.3) is 11.6 Å². The van der Waals surface area contributed by atoms with Crippen LogP contribution in [0.15, 0.2) is 42.0 Å². The highest BCUT2D eigenvalue weighted by Crippen LogP contribution is 2.50. The molecule has 0 radical (unpaired) electrons. The van der Waals surface area contributed by atoms with Crippen LogP contribution in [-0.2, 0) is 4.79 Å². The Bertz CT molecular complexity index is 914. The zero-order chi connectivity index (χ0) is 21.0. The van der Waals surface area contributed by atoms with E-state index < -0.39 is 0 Å². The molecule has 0 spiro atoms. The van der Waals surface area contributed by atoms with Crippen molar-refractivity contribution in [3.8, 4) is 0 Å². The summed E-state index contributed by atoms with van der Waals surface area (Å²) in [6.07, 6.45) is 15.9. The fourth-order valence-corrected chi connectivity index (χ4v) is 5.06. The molecule has 1 aromatic rings. The Morgan fingerprint density at radius 3 is 2.79 bits per heavy atom. The van der Waals surface area contributed by atoms with Gasteiger partial charge in [0, 0.05) is 12.3 Å². The second kappa shape index (κ2) is 9.74. The molecule has 1 aromatic carbocycles. The zero-order valence-electron chi connectivity index (χ0n) is 19.0. The highest BCUT2D eigenvalue weighted by molar-refractivity contribution is 5.75. The maximum absolute atomic E-state index is 11.1. The maximum atomic E-state index is 11.1. The van der Waals surface area contributed by atoms with E-state index >= 15 is 0 Å². The number of fused-ring (bicyclic) bond motifs is 1. The summed E-state index contributed by atoms with van der Waals surface area (Å²) in [5, 5.41) is 2.86. The zero-order valence-corrected chi connectivity index (χ0v) is 19.0. The Morgan fingerprint density at radius 1 is 1.28 bits per heavy atom. The van der Waals surface area contributed by atoms with Gasteiger partial charge in [0.1, 0.15) is 5.78 Å². The van der Waals surface area contributed by atoms with E-state index in [2.05, 4.69) is 70.2 Å². The minimum atomic E-state index is 0.331. The first kappa shape index (κ1) is 21.8. The molecule has 156 valence electrons. The largest absolute Gasteiger partial charge is 0.300 e. The second-order valence-corrected chi connectivity index (χ2v) is 9.46. The fraction of sp³-hybridized carbons (Fsp3) is 0.536. The van der Waals surface area contributed by atoms with E-state index in [0.717, 1.165) is 30.6 Å². The van der Waals surface area contributed by atoms with Gasteiger partial charge < -0.3 is 4.79 Å². The molecule has 29 heavy (non-hydrogen) atoms. The average molecular weight is 391 g/mol. The Labute approximate surface area is 177 Å². The van der Waals surface area contributed by atoms with Gasteiger partial charge in [-0.15, -0.1) is 0 Å². The molecule has 0 N–H and O–H groups in total. The Hall–Kier alpha value is -1.89. The number of benzene rings is 1. The van der Waals surface area contributed by atoms with Gasteiger partial charge in [0.25, 0.3) is 0 Å². The van der Waals surface area contributed by atoms with Crippen molar-refractivity contribution in [3.05, 3.63) is 58.0 Å². The van der Waals surface area contributed by atoms with E-state index in [4.69, 9.17) is 0 Å². The van der Waals surface area contributed by atoms with Gasteiger partial charge >= 0.3 is 0 Å². The number of allylic oxidation sites excluding steroid dienone is 4. The predicted octanol–water partition coefficient (Wildman–Crippen LogP) is 5.89. The molecule has 2 aliphatic carbocycles. The highest BCUT2D eigenvalue weighted by atomic mass is 16.1. The van der Waals surface area contributed by atoms with Crippen molar-refractivity contribution in [2.75, 3.05) is 0 Å². The molecule has 3 rings (SSSR count). The van der Waals surface area contributed by atoms with Crippen molar-refractivity contribution in [1.82, 2.24) is 0 Å². The minimum absolute atomic E-state index is 0.331. The molecule has 0 bridgehead atoms. The second-order valence-electron chi connectivity index (χ2n) is 9.46. The van der Waals surface area contributed by atoms with Crippen molar-refractivity contribution < 1.29 is 4.79 Å². The molecule has 1 nitrogen and oxygen atoms in total. The molecule has 1 fully saturated rings. The monoisotopic (exact) mass is 390 g/mol. The molecular weight excluding hydrogens is 352 g/mol. The molecule has 0 saturated heterocycles. The van der Waals surface area contributed by atoms with Crippen molar-refractivity contribution in [1.29, 1.82) is 0 Å². The third-order valence-corrected chi connectivity index (χ3v) is 7.01. The molecule has 0 heterocycles. The van der Waals surface area contributed by atoms with E-state index in [1.165, 1.54) is 47.3 Å². The first-order valence-electron chi connectivity index (χ1n) is 11.5. The summed E-state index contributed by atoms with van der Waals surface area (Å²) in [5.74, 6) is 3.32. The molecule has 0 amide bonds. The molecule has 1 saturated carbocycles. The number of hydrogen-bond donors (Lipinski definition) is 0. The van der Waals surface area contributed by atoms with Gasteiger partial charge in [-0.05, 0) is 73.8 Å². The molecule has 4 atom stereocenters. The minimum Gasteiger partial charge on any atom is -0.300 e. The van der Waals surface area contributed by atoms with Gasteiger partial charge in [-0.25, -0.2) is 0 Å². The summed E-state index contributed by atoms with van der Waals surface area (Å²) in [5.41, 5.74) is 4.41.